The van der Waals surface area contributed by atoms with Crippen LogP contribution in [0.5, 0.6) is 17.2 Å². The van der Waals surface area contributed by atoms with Crippen LogP contribution in [0.2, 0.25) is 0 Å². The first kappa shape index (κ1) is 17.8. The Morgan fingerprint density at radius 1 is 1.33 bits per heavy atom. The maximum absolute atomic E-state index is 11.7. The molecule has 2 N–H and O–H groups in total. The lowest BCUT2D eigenvalue weighted by molar-refractivity contribution is -0.123. The molecule has 2 aromatic carbocycles. The lowest BCUT2D eigenvalue weighted by Crippen LogP contribution is -2.24. The van der Waals surface area contributed by atoms with Crippen LogP contribution < -0.4 is 14.9 Å². The molecule has 0 aliphatic carbocycles. The molecule has 126 valence electrons. The van der Waals surface area contributed by atoms with E-state index in [1.807, 2.05) is 13.0 Å². The van der Waals surface area contributed by atoms with Gasteiger partial charge in [-0.25, -0.2) is 5.43 Å². The number of aromatic hydroxyl groups is 1. The lowest BCUT2D eigenvalue weighted by Gasteiger charge is -2.08. The third-order valence-electron chi connectivity index (χ3n) is 3.08. The van der Waals surface area contributed by atoms with E-state index in [0.717, 1.165) is 5.56 Å². The van der Waals surface area contributed by atoms with Gasteiger partial charge in [-0.3, -0.25) is 4.79 Å². The zero-order chi connectivity index (χ0) is 17.5. The highest BCUT2D eigenvalue weighted by molar-refractivity contribution is 9.10. The van der Waals surface area contributed by atoms with Crippen LogP contribution >= 0.6 is 15.9 Å². The van der Waals surface area contributed by atoms with Crippen molar-refractivity contribution in [1.29, 1.82) is 0 Å². The summed E-state index contributed by atoms with van der Waals surface area (Å²) in [6, 6.07) is 10.3. The quantitative estimate of drug-likeness (QED) is 0.584. The van der Waals surface area contributed by atoms with Gasteiger partial charge in [-0.2, -0.15) is 5.10 Å². The second-order valence-corrected chi connectivity index (χ2v) is 5.79. The number of hydrazone groups is 1. The summed E-state index contributed by atoms with van der Waals surface area (Å²) in [6.07, 6.45) is 1.37. The number of halogens is 1. The van der Waals surface area contributed by atoms with E-state index in [0.29, 0.717) is 21.5 Å². The molecule has 1 amide bonds. The number of phenolic OH excluding ortho intramolecular Hbond substituents is 1. The zero-order valence-corrected chi connectivity index (χ0v) is 14.8. The van der Waals surface area contributed by atoms with E-state index in [4.69, 9.17) is 9.47 Å². The first-order valence-electron chi connectivity index (χ1n) is 7.07. The average molecular weight is 393 g/mol. The minimum Gasteiger partial charge on any atom is -0.507 e. The van der Waals surface area contributed by atoms with Crippen molar-refractivity contribution in [1.82, 2.24) is 5.43 Å². The first-order chi connectivity index (χ1) is 11.5. The molecule has 0 aliphatic heterocycles. The van der Waals surface area contributed by atoms with Crippen molar-refractivity contribution >= 4 is 28.1 Å². The minimum absolute atomic E-state index is 0.103. The molecule has 0 aliphatic rings. The molecule has 0 unspecified atom stereocenters. The van der Waals surface area contributed by atoms with E-state index in [1.54, 1.807) is 37.4 Å². The number of hydrogen-bond acceptors (Lipinski definition) is 5. The van der Waals surface area contributed by atoms with Crippen LogP contribution in [0.4, 0.5) is 0 Å². The Balaban J connectivity index is 1.86. The van der Waals surface area contributed by atoms with E-state index in [1.165, 1.54) is 6.21 Å². The largest absolute Gasteiger partial charge is 0.507 e. The number of ether oxygens (including phenoxy) is 2. The molecule has 0 spiro atoms. The van der Waals surface area contributed by atoms with Crippen LogP contribution in [0.3, 0.4) is 0 Å². The van der Waals surface area contributed by atoms with Gasteiger partial charge in [0.2, 0.25) is 0 Å². The number of nitrogens with one attached hydrogen (secondary N) is 1. The predicted molar refractivity (Wildman–Crippen MR) is 94.8 cm³/mol. The standard InChI is InChI=1S/C17H17BrN2O4/c1-11-3-4-12(15(21)7-11)9-19-20-17(22)10-24-16-6-5-13(23-2)8-14(16)18/h3-9,21H,10H2,1-2H3,(H,20,22). The third kappa shape index (κ3) is 4.99. The summed E-state index contributed by atoms with van der Waals surface area (Å²) in [6.45, 7) is 1.68. The van der Waals surface area contributed by atoms with E-state index in [9.17, 15) is 9.90 Å². The molecule has 0 aromatic heterocycles. The lowest BCUT2D eigenvalue weighted by atomic mass is 10.1. The fourth-order valence-corrected chi connectivity index (χ4v) is 2.31. The molecule has 0 atom stereocenters. The van der Waals surface area contributed by atoms with Gasteiger partial charge in [0, 0.05) is 5.56 Å². The Morgan fingerprint density at radius 3 is 2.79 bits per heavy atom. The molecule has 6 nitrogen and oxygen atoms in total. The minimum atomic E-state index is -0.416. The molecule has 0 heterocycles. The highest BCUT2D eigenvalue weighted by Crippen LogP contribution is 2.28. The van der Waals surface area contributed by atoms with Gasteiger partial charge in [-0.05, 0) is 58.7 Å². The number of methoxy groups -OCH3 is 1. The molecule has 0 bridgehead atoms. The number of amides is 1. The van der Waals surface area contributed by atoms with Crippen molar-refractivity contribution in [3.05, 3.63) is 52.0 Å². The van der Waals surface area contributed by atoms with Gasteiger partial charge in [0.25, 0.3) is 5.91 Å². The van der Waals surface area contributed by atoms with Gasteiger partial charge in [-0.1, -0.05) is 6.07 Å². The van der Waals surface area contributed by atoms with Crippen molar-refractivity contribution < 1.29 is 19.4 Å². The van der Waals surface area contributed by atoms with Crippen LogP contribution in [-0.4, -0.2) is 30.9 Å². The van der Waals surface area contributed by atoms with Crippen LogP contribution in [0.1, 0.15) is 11.1 Å². The van der Waals surface area contributed by atoms with Crippen LogP contribution in [0.25, 0.3) is 0 Å². The summed E-state index contributed by atoms with van der Waals surface area (Å²) >= 11 is 3.34. The maximum atomic E-state index is 11.7. The summed E-state index contributed by atoms with van der Waals surface area (Å²) in [7, 11) is 1.57. The fraction of sp³-hybridized carbons (Fsp3) is 0.176. The Morgan fingerprint density at radius 2 is 2.12 bits per heavy atom. The van der Waals surface area contributed by atoms with Gasteiger partial charge in [0.1, 0.15) is 17.2 Å². The number of carbonyl (C=O) groups is 1. The van der Waals surface area contributed by atoms with Gasteiger partial charge < -0.3 is 14.6 Å². The van der Waals surface area contributed by atoms with Crippen molar-refractivity contribution in [3.8, 4) is 17.2 Å². The summed E-state index contributed by atoms with van der Waals surface area (Å²) in [5, 5.41) is 13.5. The van der Waals surface area contributed by atoms with Crippen LogP contribution in [0, 0.1) is 6.92 Å². The van der Waals surface area contributed by atoms with Gasteiger partial charge in [-0.15, -0.1) is 0 Å². The Kier molecular flexibility index (Phi) is 6.20. The molecule has 2 aromatic rings. The molecule has 0 saturated heterocycles. The van der Waals surface area contributed by atoms with Crippen molar-refractivity contribution in [3.63, 3.8) is 0 Å². The molecule has 7 heteroatoms. The number of phenols is 1. The van der Waals surface area contributed by atoms with E-state index in [-0.39, 0.29) is 12.4 Å². The highest BCUT2D eigenvalue weighted by atomic mass is 79.9. The second kappa shape index (κ2) is 8.35. The predicted octanol–water partition coefficient (Wildman–Crippen LogP) is 3.00. The molecule has 0 saturated carbocycles. The number of nitrogens with zero attached hydrogens (tertiary/aromatic N) is 1. The Labute approximate surface area is 148 Å². The van der Waals surface area contributed by atoms with Crippen LogP contribution in [-0.2, 0) is 4.79 Å². The zero-order valence-electron chi connectivity index (χ0n) is 13.2. The first-order valence-corrected chi connectivity index (χ1v) is 7.86. The number of aryl methyl sites for hydroxylation is 1. The molecule has 0 radical (unpaired) electrons. The van der Waals surface area contributed by atoms with Crippen molar-refractivity contribution in [2.24, 2.45) is 5.10 Å². The highest BCUT2D eigenvalue weighted by Gasteiger charge is 2.06. The summed E-state index contributed by atoms with van der Waals surface area (Å²) < 4.78 is 11.2. The SMILES string of the molecule is COc1ccc(OCC(=O)NN=Cc2ccc(C)cc2O)c(Br)c1. The van der Waals surface area contributed by atoms with Crippen molar-refractivity contribution in [2.75, 3.05) is 13.7 Å². The molecular weight excluding hydrogens is 376 g/mol. The van der Waals surface area contributed by atoms with E-state index < -0.39 is 5.91 Å². The molecule has 0 fully saturated rings. The average Bonchev–Trinajstić information content (AvgIpc) is 2.55. The summed E-state index contributed by atoms with van der Waals surface area (Å²) in [5.41, 5.74) is 3.79. The van der Waals surface area contributed by atoms with Gasteiger partial charge in [0.05, 0.1) is 17.8 Å². The molecule has 24 heavy (non-hydrogen) atoms. The number of hydrogen-bond donors (Lipinski definition) is 2. The fourth-order valence-electron chi connectivity index (χ4n) is 1.84. The number of rotatable bonds is 6. The van der Waals surface area contributed by atoms with Crippen LogP contribution in [0.15, 0.2) is 46.0 Å². The van der Waals surface area contributed by atoms with E-state index in [2.05, 4.69) is 26.5 Å². The summed E-state index contributed by atoms with van der Waals surface area (Å²) in [5.74, 6) is 0.888. The monoisotopic (exact) mass is 392 g/mol. The molecular formula is C17H17BrN2O4. The van der Waals surface area contributed by atoms with E-state index >= 15 is 0 Å². The molecule has 2 rings (SSSR count). The number of carbonyl (C=O) groups excluding carboxylic acids is 1. The second-order valence-electron chi connectivity index (χ2n) is 4.94. The smallest absolute Gasteiger partial charge is 0.277 e. The van der Waals surface area contributed by atoms with Crippen molar-refractivity contribution in [2.45, 2.75) is 6.92 Å². The van der Waals surface area contributed by atoms with Gasteiger partial charge >= 0.3 is 0 Å². The maximum Gasteiger partial charge on any atom is 0.277 e. The van der Waals surface area contributed by atoms with Gasteiger partial charge in [0.15, 0.2) is 6.61 Å². The number of benzene rings is 2. The summed E-state index contributed by atoms with van der Waals surface area (Å²) in [4.78, 5) is 11.7. The third-order valence-corrected chi connectivity index (χ3v) is 3.70. The Bertz CT molecular complexity index is 762. The normalized spacial score (nSPS) is 10.6. The topological polar surface area (TPSA) is 80.2 Å². The Hall–Kier alpha value is -2.54.